The van der Waals surface area contributed by atoms with E-state index in [2.05, 4.69) is 21.2 Å². The lowest BCUT2D eigenvalue weighted by Gasteiger charge is -2.05. The number of halogens is 1. The van der Waals surface area contributed by atoms with Gasteiger partial charge in [-0.15, -0.1) is 0 Å². The SMILES string of the molecule is NC(=O)CCCCNCc1cc(Br)cc([N+](=O)[O-])c1. The maximum atomic E-state index is 10.7. The highest BCUT2D eigenvalue weighted by Crippen LogP contribution is 2.21. The fourth-order valence-electron chi connectivity index (χ4n) is 1.62. The van der Waals surface area contributed by atoms with Gasteiger partial charge in [-0.2, -0.15) is 0 Å². The fraction of sp³-hybridized carbons (Fsp3) is 0.417. The monoisotopic (exact) mass is 329 g/mol. The first kappa shape index (κ1) is 15.6. The van der Waals surface area contributed by atoms with Crippen molar-refractivity contribution in [2.24, 2.45) is 5.73 Å². The Morgan fingerprint density at radius 1 is 1.37 bits per heavy atom. The number of nitrogens with two attached hydrogens (primary N) is 1. The molecule has 0 unspecified atom stereocenters. The Labute approximate surface area is 119 Å². The van der Waals surface area contributed by atoms with Crippen LogP contribution in [0.25, 0.3) is 0 Å². The third kappa shape index (κ3) is 6.30. The van der Waals surface area contributed by atoms with Crippen molar-refractivity contribution in [2.45, 2.75) is 25.8 Å². The van der Waals surface area contributed by atoms with Crippen LogP contribution in [-0.4, -0.2) is 17.4 Å². The number of primary amides is 1. The predicted octanol–water partition coefficient (Wildman–Crippen LogP) is 2.10. The lowest BCUT2D eigenvalue weighted by Crippen LogP contribution is -2.16. The van der Waals surface area contributed by atoms with Gasteiger partial charge in [0.05, 0.1) is 4.92 Å². The number of non-ortho nitro benzene ring substituents is 1. The minimum absolute atomic E-state index is 0.0694. The molecule has 0 radical (unpaired) electrons. The molecule has 0 atom stereocenters. The molecule has 0 saturated carbocycles. The zero-order valence-electron chi connectivity index (χ0n) is 10.4. The first-order valence-corrected chi connectivity index (χ1v) is 6.71. The van der Waals surface area contributed by atoms with E-state index in [1.54, 1.807) is 6.07 Å². The van der Waals surface area contributed by atoms with Gasteiger partial charge in [-0.3, -0.25) is 14.9 Å². The number of nitro groups is 1. The first-order valence-electron chi connectivity index (χ1n) is 5.92. The van der Waals surface area contributed by atoms with Crippen molar-refractivity contribution in [2.75, 3.05) is 6.54 Å². The van der Waals surface area contributed by atoms with Crippen molar-refractivity contribution < 1.29 is 9.72 Å². The van der Waals surface area contributed by atoms with Gasteiger partial charge in [0.2, 0.25) is 5.91 Å². The van der Waals surface area contributed by atoms with Crippen LogP contribution in [0.3, 0.4) is 0 Å². The molecule has 3 N–H and O–H groups in total. The lowest BCUT2D eigenvalue weighted by atomic mass is 10.2. The summed E-state index contributed by atoms with van der Waals surface area (Å²) in [5, 5.41) is 13.9. The topological polar surface area (TPSA) is 98.3 Å². The molecular weight excluding hydrogens is 314 g/mol. The second-order valence-corrected chi connectivity index (χ2v) is 5.09. The summed E-state index contributed by atoms with van der Waals surface area (Å²) in [5.41, 5.74) is 5.94. The van der Waals surface area contributed by atoms with E-state index in [9.17, 15) is 14.9 Å². The van der Waals surface area contributed by atoms with Crippen LogP contribution in [0.5, 0.6) is 0 Å². The van der Waals surface area contributed by atoms with Crippen molar-refractivity contribution in [3.05, 3.63) is 38.3 Å². The summed E-state index contributed by atoms with van der Waals surface area (Å²) < 4.78 is 0.687. The van der Waals surface area contributed by atoms with E-state index < -0.39 is 4.92 Å². The van der Waals surface area contributed by atoms with E-state index in [-0.39, 0.29) is 11.6 Å². The van der Waals surface area contributed by atoms with E-state index in [0.29, 0.717) is 17.4 Å². The number of hydrogen-bond acceptors (Lipinski definition) is 4. The van der Waals surface area contributed by atoms with E-state index >= 15 is 0 Å². The molecule has 6 nitrogen and oxygen atoms in total. The standard InChI is InChI=1S/C12H16BrN3O3/c13-10-5-9(6-11(7-10)16(18)19)8-15-4-2-1-3-12(14)17/h5-7,15H,1-4,8H2,(H2,14,17). The number of unbranched alkanes of at least 4 members (excludes halogenated alkanes) is 1. The van der Waals surface area contributed by atoms with Crippen molar-refractivity contribution in [1.82, 2.24) is 5.32 Å². The van der Waals surface area contributed by atoms with Crippen molar-refractivity contribution in [3.8, 4) is 0 Å². The Hall–Kier alpha value is -1.47. The van der Waals surface area contributed by atoms with Crippen LogP contribution >= 0.6 is 15.9 Å². The molecule has 0 spiro atoms. The Kier molecular flexibility index (Phi) is 6.44. The quantitative estimate of drug-likeness (QED) is 0.433. The van der Waals surface area contributed by atoms with Gasteiger partial charge >= 0.3 is 0 Å². The average Bonchev–Trinajstić information content (AvgIpc) is 2.32. The van der Waals surface area contributed by atoms with Crippen LogP contribution in [0.15, 0.2) is 22.7 Å². The van der Waals surface area contributed by atoms with Crippen LogP contribution in [0, 0.1) is 10.1 Å². The summed E-state index contributed by atoms with van der Waals surface area (Å²) in [6.07, 6.45) is 1.99. The van der Waals surface area contributed by atoms with E-state index in [1.165, 1.54) is 6.07 Å². The van der Waals surface area contributed by atoms with Gasteiger partial charge in [0.25, 0.3) is 5.69 Å². The van der Waals surface area contributed by atoms with E-state index in [1.807, 2.05) is 6.07 Å². The molecule has 1 rings (SSSR count). The van der Waals surface area contributed by atoms with Gasteiger partial charge < -0.3 is 11.1 Å². The number of hydrogen-bond donors (Lipinski definition) is 2. The molecule has 1 aromatic carbocycles. The lowest BCUT2D eigenvalue weighted by molar-refractivity contribution is -0.385. The van der Waals surface area contributed by atoms with Gasteiger partial charge in [-0.1, -0.05) is 15.9 Å². The highest BCUT2D eigenvalue weighted by Gasteiger charge is 2.08. The highest BCUT2D eigenvalue weighted by molar-refractivity contribution is 9.10. The number of nitrogens with one attached hydrogen (secondary N) is 1. The predicted molar refractivity (Wildman–Crippen MR) is 75.5 cm³/mol. The Morgan fingerprint density at radius 3 is 2.74 bits per heavy atom. The summed E-state index contributed by atoms with van der Waals surface area (Å²) in [6.45, 7) is 1.30. The number of nitrogens with zero attached hydrogens (tertiary/aromatic N) is 1. The van der Waals surface area contributed by atoms with Gasteiger partial charge in [-0.25, -0.2) is 0 Å². The Bertz CT molecular complexity index is 466. The van der Waals surface area contributed by atoms with Crippen LogP contribution in [0.4, 0.5) is 5.69 Å². The average molecular weight is 330 g/mol. The van der Waals surface area contributed by atoms with Crippen LogP contribution in [-0.2, 0) is 11.3 Å². The molecule has 0 saturated heterocycles. The van der Waals surface area contributed by atoms with E-state index in [4.69, 9.17) is 5.73 Å². The molecule has 0 aromatic heterocycles. The molecule has 7 heteroatoms. The first-order chi connectivity index (χ1) is 8.99. The summed E-state index contributed by atoms with van der Waals surface area (Å²) in [7, 11) is 0. The van der Waals surface area contributed by atoms with Crippen molar-refractivity contribution in [1.29, 1.82) is 0 Å². The number of rotatable bonds is 8. The maximum Gasteiger partial charge on any atom is 0.270 e. The summed E-state index contributed by atoms with van der Waals surface area (Å²) in [4.78, 5) is 20.8. The Morgan fingerprint density at radius 2 is 2.11 bits per heavy atom. The van der Waals surface area contributed by atoms with Crippen molar-refractivity contribution in [3.63, 3.8) is 0 Å². The van der Waals surface area contributed by atoms with Gasteiger partial charge in [0.1, 0.15) is 0 Å². The smallest absolute Gasteiger partial charge is 0.270 e. The molecule has 0 aliphatic rings. The van der Waals surface area contributed by atoms with Gasteiger partial charge in [0, 0.05) is 29.6 Å². The molecule has 0 aliphatic carbocycles. The van der Waals surface area contributed by atoms with Crippen molar-refractivity contribution >= 4 is 27.5 Å². The fourth-order valence-corrected chi connectivity index (χ4v) is 2.15. The van der Waals surface area contributed by atoms with Crippen LogP contribution < -0.4 is 11.1 Å². The van der Waals surface area contributed by atoms with Crippen LogP contribution in [0.1, 0.15) is 24.8 Å². The third-order valence-corrected chi connectivity index (χ3v) is 2.97. The number of nitro benzene ring substituents is 1. The minimum atomic E-state index is -0.416. The molecular formula is C12H16BrN3O3. The number of carbonyl (C=O) groups excluding carboxylic acids is 1. The highest BCUT2D eigenvalue weighted by atomic mass is 79.9. The molecule has 0 fully saturated rings. The third-order valence-electron chi connectivity index (χ3n) is 2.51. The maximum absolute atomic E-state index is 10.7. The van der Waals surface area contributed by atoms with Gasteiger partial charge in [0.15, 0.2) is 0 Å². The molecule has 0 aliphatic heterocycles. The summed E-state index contributed by atoms with van der Waals surface area (Å²) in [6, 6.07) is 4.85. The number of amides is 1. The minimum Gasteiger partial charge on any atom is -0.370 e. The zero-order chi connectivity index (χ0) is 14.3. The van der Waals surface area contributed by atoms with E-state index in [0.717, 1.165) is 24.9 Å². The molecule has 0 heterocycles. The molecule has 0 bridgehead atoms. The number of carbonyl (C=O) groups is 1. The molecule has 1 aromatic rings. The van der Waals surface area contributed by atoms with Crippen LogP contribution in [0.2, 0.25) is 0 Å². The summed E-state index contributed by atoms with van der Waals surface area (Å²) >= 11 is 3.25. The number of benzene rings is 1. The molecule has 1 amide bonds. The normalized spacial score (nSPS) is 10.4. The summed E-state index contributed by atoms with van der Waals surface area (Å²) in [5.74, 6) is -0.289. The zero-order valence-corrected chi connectivity index (χ0v) is 12.0. The Balaban J connectivity index is 2.37. The largest absolute Gasteiger partial charge is 0.370 e. The molecule has 104 valence electrons. The van der Waals surface area contributed by atoms with Gasteiger partial charge in [-0.05, 0) is 31.0 Å². The second-order valence-electron chi connectivity index (χ2n) is 4.17. The molecule has 19 heavy (non-hydrogen) atoms. The second kappa shape index (κ2) is 7.85.